The number of fused-ring (bicyclic) bond motifs is 5. The normalized spacial score (nSPS) is 36.4. The molecule has 2 aliphatic carbocycles. The summed E-state index contributed by atoms with van der Waals surface area (Å²) in [5.74, 6) is -0.883. The molecule has 0 spiro atoms. The molecule has 6 nitrogen and oxygen atoms in total. The van der Waals surface area contributed by atoms with Gasteiger partial charge in [-0.3, -0.25) is 19.2 Å². The first-order chi connectivity index (χ1) is 10.7. The molecule has 118 valence electrons. The molecule has 0 radical (unpaired) electrons. The Morgan fingerprint density at radius 3 is 2.23 bits per heavy atom. The van der Waals surface area contributed by atoms with E-state index in [1.165, 1.54) is 0 Å². The second-order valence-corrected chi connectivity index (χ2v) is 6.69. The summed E-state index contributed by atoms with van der Waals surface area (Å²) in [7, 11) is 0. The number of hydrogen-bond acceptors (Lipinski definition) is 4. The maximum atomic E-state index is 12.4. The summed E-state index contributed by atoms with van der Waals surface area (Å²) in [6.07, 6.45) is 8.14. The van der Waals surface area contributed by atoms with Crippen LogP contribution in [0.15, 0.2) is 12.2 Å². The van der Waals surface area contributed by atoms with E-state index in [-0.39, 0.29) is 48.0 Å². The third-order valence-corrected chi connectivity index (χ3v) is 5.46. The second-order valence-electron chi connectivity index (χ2n) is 6.69. The zero-order valence-corrected chi connectivity index (χ0v) is 12.4. The number of hydrogen-bond donors (Lipinski definition) is 0. The fraction of sp³-hybridized carbons (Fsp3) is 0.688. The number of carbonyl (C=O) groups is 3. The van der Waals surface area contributed by atoms with Gasteiger partial charge in [0.05, 0.1) is 11.8 Å². The lowest BCUT2D eigenvalue weighted by Gasteiger charge is -2.27. The van der Waals surface area contributed by atoms with Crippen LogP contribution in [0, 0.1) is 23.7 Å². The lowest BCUT2D eigenvalue weighted by molar-refractivity contribution is -0.193. The van der Waals surface area contributed by atoms with Gasteiger partial charge in [-0.2, -0.15) is 5.06 Å². The van der Waals surface area contributed by atoms with Crippen molar-refractivity contribution in [1.29, 1.82) is 0 Å². The first kappa shape index (κ1) is 13.9. The summed E-state index contributed by atoms with van der Waals surface area (Å²) in [4.78, 5) is 44.0. The van der Waals surface area contributed by atoms with Gasteiger partial charge in [0, 0.05) is 13.1 Å². The van der Waals surface area contributed by atoms with Gasteiger partial charge in [-0.05, 0) is 37.5 Å². The van der Waals surface area contributed by atoms with Crippen LogP contribution < -0.4 is 0 Å². The molecule has 4 rings (SSSR count). The van der Waals surface area contributed by atoms with Crippen LogP contribution in [-0.2, 0) is 19.2 Å². The minimum atomic E-state index is -0.271. The summed E-state index contributed by atoms with van der Waals surface area (Å²) in [6, 6.07) is 0. The summed E-state index contributed by atoms with van der Waals surface area (Å²) in [6.45, 7) is 1.26. The van der Waals surface area contributed by atoms with Gasteiger partial charge in [-0.15, -0.1) is 0 Å². The molecule has 2 aliphatic heterocycles. The Bertz CT molecular complexity index is 522. The van der Waals surface area contributed by atoms with Crippen LogP contribution in [0.2, 0.25) is 0 Å². The second kappa shape index (κ2) is 5.19. The Labute approximate surface area is 129 Å². The molecule has 6 heteroatoms. The highest BCUT2D eigenvalue weighted by Gasteiger charge is 2.60. The standard InChI is InChI=1S/C16H20N2O4/c19-12(17-6-2-1-3-7-17)9-22-18-15(20)13-10-4-5-11(8-10)14(13)16(18)21/h4-5,10-11,13-14H,1-3,6-9H2/t10-,11-,13+,14+/m0/s1. The highest BCUT2D eigenvalue weighted by Crippen LogP contribution is 2.52. The Hall–Kier alpha value is -1.69. The monoisotopic (exact) mass is 304 g/mol. The average Bonchev–Trinajstić information content (AvgIpc) is 3.21. The summed E-state index contributed by atoms with van der Waals surface area (Å²) in [5.41, 5.74) is 0. The van der Waals surface area contributed by atoms with Crippen LogP contribution >= 0.6 is 0 Å². The van der Waals surface area contributed by atoms with Crippen molar-refractivity contribution >= 4 is 17.7 Å². The van der Waals surface area contributed by atoms with E-state index < -0.39 is 0 Å². The molecule has 4 aliphatic rings. The van der Waals surface area contributed by atoms with E-state index in [0.29, 0.717) is 0 Å². The van der Waals surface area contributed by atoms with Gasteiger partial charge in [-0.1, -0.05) is 12.2 Å². The van der Waals surface area contributed by atoms with Crippen LogP contribution in [-0.4, -0.2) is 47.4 Å². The zero-order chi connectivity index (χ0) is 15.3. The molecule has 4 atom stereocenters. The van der Waals surface area contributed by atoms with Crippen LogP contribution in [0.5, 0.6) is 0 Å². The smallest absolute Gasteiger partial charge is 0.258 e. The number of rotatable bonds is 3. The Balaban J connectivity index is 1.39. The Morgan fingerprint density at radius 2 is 1.64 bits per heavy atom. The molecule has 0 aromatic heterocycles. The van der Waals surface area contributed by atoms with Crippen LogP contribution in [0.3, 0.4) is 0 Å². The van der Waals surface area contributed by atoms with Gasteiger partial charge in [-0.25, -0.2) is 0 Å². The molecule has 1 saturated carbocycles. The number of likely N-dealkylation sites (tertiary alicyclic amines) is 1. The molecular formula is C16H20N2O4. The third-order valence-electron chi connectivity index (χ3n) is 5.46. The zero-order valence-electron chi connectivity index (χ0n) is 12.4. The highest BCUT2D eigenvalue weighted by molar-refractivity contribution is 6.05. The molecule has 22 heavy (non-hydrogen) atoms. The minimum absolute atomic E-state index is 0.140. The van der Waals surface area contributed by atoms with Crippen molar-refractivity contribution in [2.75, 3.05) is 19.7 Å². The van der Waals surface area contributed by atoms with E-state index in [1.807, 2.05) is 12.2 Å². The minimum Gasteiger partial charge on any atom is -0.341 e. The van der Waals surface area contributed by atoms with Crippen molar-refractivity contribution in [3.8, 4) is 0 Å². The molecule has 2 bridgehead atoms. The van der Waals surface area contributed by atoms with Crippen molar-refractivity contribution in [2.45, 2.75) is 25.7 Å². The largest absolute Gasteiger partial charge is 0.341 e. The first-order valence-corrected chi connectivity index (χ1v) is 8.13. The number of allylic oxidation sites excluding steroid dienone is 2. The maximum absolute atomic E-state index is 12.4. The maximum Gasteiger partial charge on any atom is 0.258 e. The lowest BCUT2D eigenvalue weighted by Crippen LogP contribution is -2.41. The number of carbonyl (C=O) groups excluding carboxylic acids is 3. The molecule has 0 N–H and O–H groups in total. The lowest BCUT2D eigenvalue weighted by atomic mass is 9.85. The summed E-state index contributed by atoms with van der Waals surface area (Å²) >= 11 is 0. The van der Waals surface area contributed by atoms with Crippen molar-refractivity contribution in [1.82, 2.24) is 9.96 Å². The molecule has 3 fully saturated rings. The van der Waals surface area contributed by atoms with Crippen molar-refractivity contribution < 1.29 is 19.2 Å². The highest BCUT2D eigenvalue weighted by atomic mass is 16.7. The molecule has 0 aromatic rings. The van der Waals surface area contributed by atoms with E-state index in [2.05, 4.69) is 0 Å². The Morgan fingerprint density at radius 1 is 1.05 bits per heavy atom. The van der Waals surface area contributed by atoms with E-state index in [4.69, 9.17) is 4.84 Å². The van der Waals surface area contributed by atoms with Crippen LogP contribution in [0.1, 0.15) is 25.7 Å². The number of hydroxylamine groups is 2. The predicted molar refractivity (Wildman–Crippen MR) is 76.0 cm³/mol. The van der Waals surface area contributed by atoms with Crippen LogP contribution in [0.25, 0.3) is 0 Å². The fourth-order valence-electron chi connectivity index (χ4n) is 4.36. The topological polar surface area (TPSA) is 66.9 Å². The molecule has 2 heterocycles. The number of amides is 3. The molecular weight excluding hydrogens is 284 g/mol. The molecule has 3 amide bonds. The molecule has 2 saturated heterocycles. The summed E-state index contributed by atoms with van der Waals surface area (Å²) < 4.78 is 0. The average molecular weight is 304 g/mol. The van der Waals surface area contributed by atoms with Gasteiger partial charge in [0.2, 0.25) is 0 Å². The molecule has 0 aromatic carbocycles. The number of piperidine rings is 1. The van der Waals surface area contributed by atoms with Gasteiger partial charge in [0.15, 0.2) is 6.61 Å². The van der Waals surface area contributed by atoms with Crippen molar-refractivity contribution in [2.24, 2.45) is 23.7 Å². The predicted octanol–water partition coefficient (Wildman–Crippen LogP) is 0.738. The quantitative estimate of drug-likeness (QED) is 0.570. The van der Waals surface area contributed by atoms with Gasteiger partial charge < -0.3 is 4.90 Å². The van der Waals surface area contributed by atoms with E-state index in [9.17, 15) is 14.4 Å². The number of imide groups is 1. The Kier molecular flexibility index (Phi) is 3.29. The number of nitrogens with zero attached hydrogens (tertiary/aromatic N) is 2. The van der Waals surface area contributed by atoms with Gasteiger partial charge >= 0.3 is 0 Å². The van der Waals surface area contributed by atoms with E-state index >= 15 is 0 Å². The molecule has 0 unspecified atom stereocenters. The van der Waals surface area contributed by atoms with E-state index in [1.54, 1.807) is 4.90 Å². The van der Waals surface area contributed by atoms with Crippen molar-refractivity contribution in [3.05, 3.63) is 12.2 Å². The summed E-state index contributed by atoms with van der Waals surface area (Å²) in [5, 5.41) is 0.864. The van der Waals surface area contributed by atoms with E-state index in [0.717, 1.165) is 43.8 Å². The van der Waals surface area contributed by atoms with Crippen LogP contribution in [0.4, 0.5) is 0 Å². The third kappa shape index (κ3) is 2.00. The van der Waals surface area contributed by atoms with Gasteiger partial charge in [0.1, 0.15) is 0 Å². The van der Waals surface area contributed by atoms with Crippen molar-refractivity contribution in [3.63, 3.8) is 0 Å². The SMILES string of the molecule is O=C(CON1C(=O)[C@H]2[C@H](C1=O)[C@H]1C=C[C@H]2C1)N1CCCCC1. The fourth-order valence-corrected chi connectivity index (χ4v) is 4.36. The first-order valence-electron chi connectivity index (χ1n) is 8.13. The van der Waals surface area contributed by atoms with Gasteiger partial charge in [0.25, 0.3) is 17.7 Å².